The molecule has 0 radical (unpaired) electrons. The molecule has 1 saturated carbocycles. The average Bonchev–Trinajstić information content (AvgIpc) is 3.22. The van der Waals surface area contributed by atoms with Crippen molar-refractivity contribution in [3.63, 3.8) is 0 Å². The molecule has 1 aliphatic rings. The van der Waals surface area contributed by atoms with Crippen molar-refractivity contribution < 1.29 is 4.79 Å². The maximum absolute atomic E-state index is 11.6. The molecule has 1 amide bonds. The van der Waals surface area contributed by atoms with Crippen molar-refractivity contribution in [2.75, 3.05) is 5.75 Å². The minimum atomic E-state index is -0.606. The normalized spacial score (nSPS) is 17.4. The molecule has 0 aromatic carbocycles. The monoisotopic (exact) mass is 310 g/mol. The minimum Gasteiger partial charge on any atom is -0.368 e. The molecule has 1 unspecified atom stereocenters. The quantitative estimate of drug-likeness (QED) is 0.359. The van der Waals surface area contributed by atoms with Crippen LogP contribution in [-0.4, -0.2) is 33.2 Å². The van der Waals surface area contributed by atoms with Crippen molar-refractivity contribution >= 4 is 17.7 Å². The number of nitrogens with zero attached hydrogens (tertiary/aromatic N) is 1. The Balaban J connectivity index is 1.70. The average molecular weight is 310 g/mol. The summed E-state index contributed by atoms with van der Waals surface area (Å²) in [6, 6.07) is 1.85. The third kappa shape index (κ3) is 5.17. The first-order valence-electron chi connectivity index (χ1n) is 7.25. The highest BCUT2D eigenvalue weighted by molar-refractivity contribution is 7.99. The van der Waals surface area contributed by atoms with Crippen molar-refractivity contribution in [2.45, 2.75) is 55.8 Å². The van der Waals surface area contributed by atoms with Crippen molar-refractivity contribution in [3.8, 4) is 0 Å². The van der Waals surface area contributed by atoms with Crippen LogP contribution in [0.3, 0.4) is 0 Å². The van der Waals surface area contributed by atoms with Crippen LogP contribution in [0.25, 0.3) is 0 Å². The van der Waals surface area contributed by atoms with Gasteiger partial charge in [-0.05, 0) is 32.6 Å². The smallest absolute Gasteiger partial charge is 0.251 e. The van der Waals surface area contributed by atoms with E-state index in [2.05, 4.69) is 15.3 Å². The van der Waals surface area contributed by atoms with E-state index in [9.17, 15) is 9.59 Å². The first-order chi connectivity index (χ1) is 9.99. The van der Waals surface area contributed by atoms with Crippen LogP contribution in [-0.2, 0) is 4.79 Å². The lowest BCUT2D eigenvalue weighted by molar-refractivity contribution is -0.124. The number of unbranched alkanes of at least 4 members (excludes halogenated alkanes) is 1. The van der Waals surface area contributed by atoms with Gasteiger partial charge in [0.1, 0.15) is 0 Å². The Kier molecular flexibility index (Phi) is 5.41. The van der Waals surface area contributed by atoms with Crippen LogP contribution in [0.4, 0.5) is 0 Å². The summed E-state index contributed by atoms with van der Waals surface area (Å²) < 4.78 is 0. The summed E-state index contributed by atoms with van der Waals surface area (Å²) >= 11 is 1.52. The van der Waals surface area contributed by atoms with Crippen LogP contribution in [0, 0.1) is 0 Å². The fourth-order valence-electron chi connectivity index (χ4n) is 2.12. The Labute approximate surface area is 128 Å². The number of thioether (sulfide) groups is 1. The predicted molar refractivity (Wildman–Crippen MR) is 83.2 cm³/mol. The maximum atomic E-state index is 11.6. The molecule has 2 rings (SSSR count). The summed E-state index contributed by atoms with van der Waals surface area (Å²) in [4.78, 5) is 29.5. The zero-order valence-corrected chi connectivity index (χ0v) is 13.0. The predicted octanol–water partition coefficient (Wildman–Crippen LogP) is 1.03. The second-order valence-corrected chi connectivity index (χ2v) is 6.74. The van der Waals surface area contributed by atoms with Crippen LogP contribution in [0.1, 0.15) is 39.0 Å². The minimum absolute atomic E-state index is 0.137. The van der Waals surface area contributed by atoms with E-state index in [1.54, 1.807) is 0 Å². The van der Waals surface area contributed by atoms with Gasteiger partial charge in [-0.3, -0.25) is 9.59 Å². The lowest BCUT2D eigenvalue weighted by Crippen LogP contribution is -2.53. The van der Waals surface area contributed by atoms with Crippen molar-refractivity contribution in [2.24, 2.45) is 5.73 Å². The third-order valence-corrected chi connectivity index (χ3v) is 4.58. The summed E-state index contributed by atoms with van der Waals surface area (Å²) in [5.74, 6) is 0.571. The number of hydrogen-bond acceptors (Lipinski definition) is 5. The number of carbonyl (C=O) groups excluding carboxylic acids is 1. The van der Waals surface area contributed by atoms with Gasteiger partial charge in [0.15, 0.2) is 5.16 Å². The van der Waals surface area contributed by atoms with E-state index in [-0.39, 0.29) is 11.5 Å². The number of hydrogen-bond donors (Lipinski definition) is 3. The number of amides is 1. The summed E-state index contributed by atoms with van der Waals surface area (Å²) in [5.41, 5.74) is 4.77. The molecule has 1 aromatic rings. The zero-order valence-electron chi connectivity index (χ0n) is 12.2. The summed E-state index contributed by atoms with van der Waals surface area (Å²) in [5, 5.41) is 3.98. The molecule has 21 heavy (non-hydrogen) atoms. The van der Waals surface area contributed by atoms with Gasteiger partial charge >= 0.3 is 0 Å². The largest absolute Gasteiger partial charge is 0.368 e. The number of H-pyrrole nitrogens is 1. The lowest BCUT2D eigenvalue weighted by atomic mass is 9.94. The highest BCUT2D eigenvalue weighted by Crippen LogP contribution is 2.25. The molecule has 6 nitrogen and oxygen atoms in total. The van der Waals surface area contributed by atoms with Gasteiger partial charge in [0.2, 0.25) is 5.91 Å². The van der Waals surface area contributed by atoms with Crippen LogP contribution in [0.15, 0.2) is 22.2 Å². The Hall–Kier alpha value is -1.34. The molecular weight excluding hydrogens is 288 g/mol. The van der Waals surface area contributed by atoms with E-state index in [4.69, 9.17) is 5.73 Å². The summed E-state index contributed by atoms with van der Waals surface area (Å²) in [6.45, 7) is 1.89. The maximum Gasteiger partial charge on any atom is 0.251 e. The van der Waals surface area contributed by atoms with Gasteiger partial charge in [-0.2, -0.15) is 0 Å². The molecule has 116 valence electrons. The molecule has 1 atom stereocenters. The SMILES string of the molecule is CC(CCCCSc1nccc(=O)[nH]1)(NC1CC1)C(N)=O. The number of aromatic amines is 1. The number of nitrogens with two attached hydrogens (primary N) is 1. The van der Waals surface area contributed by atoms with Crippen LogP contribution in [0.5, 0.6) is 0 Å². The molecule has 4 N–H and O–H groups in total. The highest BCUT2D eigenvalue weighted by atomic mass is 32.2. The second-order valence-electron chi connectivity index (χ2n) is 5.66. The number of carbonyl (C=O) groups is 1. The topological polar surface area (TPSA) is 101 Å². The van der Waals surface area contributed by atoms with E-state index in [1.807, 2.05) is 6.92 Å². The molecule has 1 aromatic heterocycles. The number of nitrogens with one attached hydrogen (secondary N) is 2. The molecule has 1 heterocycles. The molecule has 1 fully saturated rings. The first-order valence-corrected chi connectivity index (χ1v) is 8.24. The van der Waals surface area contributed by atoms with Gasteiger partial charge in [0, 0.05) is 24.1 Å². The lowest BCUT2D eigenvalue weighted by Gasteiger charge is -2.27. The van der Waals surface area contributed by atoms with Gasteiger partial charge in [-0.1, -0.05) is 18.2 Å². The third-order valence-electron chi connectivity index (χ3n) is 3.60. The Bertz CT molecular complexity index is 544. The molecular formula is C14H22N4O2S. The van der Waals surface area contributed by atoms with E-state index in [0.29, 0.717) is 11.2 Å². The van der Waals surface area contributed by atoms with Crippen LogP contribution >= 0.6 is 11.8 Å². The Morgan fingerprint density at radius 3 is 2.95 bits per heavy atom. The Morgan fingerprint density at radius 1 is 1.57 bits per heavy atom. The zero-order chi connectivity index (χ0) is 15.3. The van der Waals surface area contributed by atoms with Gasteiger partial charge < -0.3 is 16.0 Å². The van der Waals surface area contributed by atoms with Crippen molar-refractivity contribution in [1.29, 1.82) is 0 Å². The van der Waals surface area contributed by atoms with Crippen LogP contribution in [0.2, 0.25) is 0 Å². The molecule has 7 heteroatoms. The summed E-state index contributed by atoms with van der Waals surface area (Å²) in [6.07, 6.45) is 6.35. The van der Waals surface area contributed by atoms with Crippen molar-refractivity contribution in [1.82, 2.24) is 15.3 Å². The molecule has 0 bridgehead atoms. The fraction of sp³-hybridized carbons (Fsp3) is 0.643. The van der Waals surface area contributed by atoms with E-state index in [1.165, 1.54) is 24.0 Å². The first kappa shape index (κ1) is 16.0. The van der Waals surface area contributed by atoms with Gasteiger partial charge in [0.05, 0.1) is 5.54 Å². The van der Waals surface area contributed by atoms with Crippen molar-refractivity contribution in [3.05, 3.63) is 22.6 Å². The van der Waals surface area contributed by atoms with E-state index >= 15 is 0 Å². The molecule has 1 aliphatic carbocycles. The van der Waals surface area contributed by atoms with Gasteiger partial charge in [-0.15, -0.1) is 0 Å². The number of primary amides is 1. The standard InChI is InChI=1S/C14H22N4O2S/c1-14(12(15)20,18-10-4-5-10)7-2-3-9-21-13-16-8-6-11(19)17-13/h6,8,10,18H,2-5,7,9H2,1H3,(H2,15,20)(H,16,17,19). The second kappa shape index (κ2) is 7.09. The Morgan fingerprint density at radius 2 is 2.33 bits per heavy atom. The molecule has 0 aliphatic heterocycles. The van der Waals surface area contributed by atoms with Crippen LogP contribution < -0.4 is 16.6 Å². The molecule has 0 saturated heterocycles. The fourth-order valence-corrected chi connectivity index (χ4v) is 2.97. The van der Waals surface area contributed by atoms with Gasteiger partial charge in [0.25, 0.3) is 5.56 Å². The summed E-state index contributed by atoms with van der Waals surface area (Å²) in [7, 11) is 0. The highest BCUT2D eigenvalue weighted by Gasteiger charge is 2.36. The molecule has 0 spiro atoms. The van der Waals surface area contributed by atoms with Gasteiger partial charge in [-0.25, -0.2) is 4.98 Å². The van der Waals surface area contributed by atoms with E-state index < -0.39 is 5.54 Å². The number of aromatic nitrogens is 2. The number of rotatable bonds is 9. The van der Waals surface area contributed by atoms with E-state index in [0.717, 1.165) is 37.9 Å².